The van der Waals surface area contributed by atoms with Crippen LogP contribution in [0.1, 0.15) is 58.4 Å². The Hall–Kier alpha value is -1.03. The van der Waals surface area contributed by atoms with Crippen LogP contribution in [0.4, 0.5) is 0 Å². The second kappa shape index (κ2) is 8.56. The van der Waals surface area contributed by atoms with Crippen LogP contribution in [0.5, 0.6) is 5.75 Å². The van der Waals surface area contributed by atoms with Crippen LogP contribution in [0.3, 0.4) is 0 Å². The Morgan fingerprint density at radius 1 is 0.909 bits per heavy atom. The Morgan fingerprint density at radius 2 is 1.45 bits per heavy atom. The van der Waals surface area contributed by atoms with Crippen LogP contribution in [0.15, 0.2) is 24.3 Å². The fourth-order valence-electron chi connectivity index (χ4n) is 2.25. The van der Waals surface area contributed by atoms with Crippen molar-refractivity contribution in [2.45, 2.75) is 64.0 Å². The summed E-state index contributed by atoms with van der Waals surface area (Å²) in [6.45, 7) is 5.32. The Labute approximate surface area is 136 Å². The zero-order chi connectivity index (χ0) is 16.6. The first-order chi connectivity index (χ1) is 10.3. The second-order valence-corrected chi connectivity index (χ2v) is 9.66. The van der Waals surface area contributed by atoms with Gasteiger partial charge < -0.3 is 4.74 Å². The first-order valence-corrected chi connectivity index (χ1v) is 9.77. The summed E-state index contributed by atoms with van der Waals surface area (Å²) in [5.74, 6) is 1.21. The maximum absolute atomic E-state index is 12.0. The van der Waals surface area contributed by atoms with Crippen molar-refractivity contribution in [3.05, 3.63) is 29.8 Å². The van der Waals surface area contributed by atoms with E-state index < -0.39 is 14.6 Å². The van der Waals surface area contributed by atoms with Gasteiger partial charge in [-0.2, -0.15) is 0 Å². The Kier molecular flexibility index (Phi) is 7.40. The summed E-state index contributed by atoms with van der Waals surface area (Å²) >= 11 is 0. The lowest BCUT2D eigenvalue weighted by molar-refractivity contribution is 0.414. The summed E-state index contributed by atoms with van der Waals surface area (Å²) in [4.78, 5) is 0. The zero-order valence-electron chi connectivity index (χ0n) is 14.4. The molecule has 1 aromatic rings. The third-order valence-corrected chi connectivity index (χ3v) is 6.66. The Morgan fingerprint density at radius 3 is 2.00 bits per heavy atom. The fraction of sp³-hybridized carbons (Fsp3) is 0.667. The van der Waals surface area contributed by atoms with Crippen molar-refractivity contribution in [2.24, 2.45) is 0 Å². The minimum atomic E-state index is -2.95. The highest BCUT2D eigenvalue weighted by molar-refractivity contribution is 7.92. The molecule has 0 aliphatic heterocycles. The van der Waals surface area contributed by atoms with Gasteiger partial charge in [-0.05, 0) is 57.7 Å². The molecule has 0 spiro atoms. The largest absolute Gasteiger partial charge is 0.497 e. The minimum Gasteiger partial charge on any atom is -0.497 e. The summed E-state index contributed by atoms with van der Waals surface area (Å²) in [6, 6.07) is 8.20. The topological polar surface area (TPSA) is 43.4 Å². The molecule has 0 fully saturated rings. The third kappa shape index (κ3) is 6.39. The van der Waals surface area contributed by atoms with E-state index in [1.165, 1.54) is 5.56 Å². The maximum Gasteiger partial charge on any atom is 0.155 e. The number of unbranched alkanes of at least 4 members (excludes halogenated alkanes) is 4. The molecular weight excluding hydrogens is 296 g/mol. The summed E-state index contributed by atoms with van der Waals surface area (Å²) in [7, 11) is -1.28. The number of rotatable bonds is 9. The van der Waals surface area contributed by atoms with E-state index in [4.69, 9.17) is 4.74 Å². The molecule has 0 aromatic heterocycles. The van der Waals surface area contributed by atoms with Crippen molar-refractivity contribution < 1.29 is 13.2 Å². The lowest BCUT2D eigenvalue weighted by atomic mass is 10.1. The van der Waals surface area contributed by atoms with Crippen LogP contribution < -0.4 is 4.74 Å². The predicted octanol–water partition coefficient (Wildman–Crippen LogP) is 4.40. The van der Waals surface area contributed by atoms with Crippen LogP contribution >= 0.6 is 0 Å². The fourth-order valence-corrected chi connectivity index (χ4v) is 3.45. The van der Waals surface area contributed by atoms with Crippen molar-refractivity contribution >= 4 is 9.84 Å². The summed E-state index contributed by atoms with van der Waals surface area (Å²) < 4.78 is 28.5. The molecule has 4 heteroatoms. The van der Waals surface area contributed by atoms with Crippen molar-refractivity contribution in [2.75, 3.05) is 12.9 Å². The quantitative estimate of drug-likeness (QED) is 0.632. The van der Waals surface area contributed by atoms with E-state index in [1.54, 1.807) is 27.9 Å². The molecule has 3 nitrogen and oxygen atoms in total. The van der Waals surface area contributed by atoms with Crippen LogP contribution in [0, 0.1) is 0 Å². The highest BCUT2D eigenvalue weighted by Gasteiger charge is 2.27. The molecular formula is C18H30O3S. The number of aryl methyl sites for hydroxylation is 1. The number of sulfone groups is 1. The molecule has 0 saturated heterocycles. The average molecular weight is 327 g/mol. The molecule has 0 amide bonds. The molecule has 0 bridgehead atoms. The van der Waals surface area contributed by atoms with Crippen LogP contribution in [0.25, 0.3) is 0 Å². The van der Waals surface area contributed by atoms with E-state index in [0.717, 1.165) is 44.3 Å². The van der Waals surface area contributed by atoms with Crippen molar-refractivity contribution in [3.8, 4) is 5.75 Å². The van der Waals surface area contributed by atoms with Gasteiger partial charge in [0, 0.05) is 0 Å². The van der Waals surface area contributed by atoms with E-state index >= 15 is 0 Å². The lowest BCUT2D eigenvalue weighted by Crippen LogP contribution is -2.30. The molecule has 0 saturated carbocycles. The van der Waals surface area contributed by atoms with Crippen molar-refractivity contribution in [1.82, 2.24) is 0 Å². The molecule has 0 N–H and O–H groups in total. The first kappa shape index (κ1) is 19.0. The summed E-state index contributed by atoms with van der Waals surface area (Å²) in [6.07, 6.45) is 6.26. The van der Waals surface area contributed by atoms with Crippen LogP contribution in [0.2, 0.25) is 0 Å². The highest BCUT2D eigenvalue weighted by atomic mass is 32.2. The van der Waals surface area contributed by atoms with Gasteiger partial charge >= 0.3 is 0 Å². The average Bonchev–Trinajstić information content (AvgIpc) is 2.45. The van der Waals surface area contributed by atoms with Crippen molar-refractivity contribution in [3.63, 3.8) is 0 Å². The maximum atomic E-state index is 12.0. The Bertz CT molecular complexity index is 524. The highest BCUT2D eigenvalue weighted by Crippen LogP contribution is 2.18. The van der Waals surface area contributed by atoms with Gasteiger partial charge in [-0.25, -0.2) is 8.42 Å². The monoisotopic (exact) mass is 326 g/mol. The van der Waals surface area contributed by atoms with E-state index in [0.29, 0.717) is 5.75 Å². The summed E-state index contributed by atoms with van der Waals surface area (Å²) in [5.41, 5.74) is 1.33. The van der Waals surface area contributed by atoms with Gasteiger partial charge in [-0.1, -0.05) is 31.4 Å². The number of hydrogen-bond acceptors (Lipinski definition) is 3. The van der Waals surface area contributed by atoms with Gasteiger partial charge in [0.2, 0.25) is 0 Å². The molecule has 1 rings (SSSR count). The SMILES string of the molecule is COc1ccc(CCCCCCCS(=O)(=O)C(C)(C)C)cc1. The van der Waals surface area contributed by atoms with Gasteiger partial charge in [0.25, 0.3) is 0 Å². The number of methoxy groups -OCH3 is 1. The number of ether oxygens (including phenoxy) is 1. The Balaban J connectivity index is 2.13. The first-order valence-electron chi connectivity index (χ1n) is 8.11. The number of hydrogen-bond donors (Lipinski definition) is 0. The molecule has 0 aliphatic rings. The van der Waals surface area contributed by atoms with E-state index in [2.05, 4.69) is 12.1 Å². The number of benzene rings is 1. The normalized spacial score (nSPS) is 12.4. The smallest absolute Gasteiger partial charge is 0.155 e. The molecule has 0 radical (unpaired) electrons. The van der Waals surface area contributed by atoms with Crippen LogP contribution in [-0.2, 0) is 16.3 Å². The third-order valence-electron chi connectivity index (χ3n) is 3.97. The lowest BCUT2D eigenvalue weighted by Gasteiger charge is -2.18. The predicted molar refractivity (Wildman–Crippen MR) is 93.3 cm³/mol. The van der Waals surface area contributed by atoms with E-state index in [1.807, 2.05) is 12.1 Å². The van der Waals surface area contributed by atoms with Gasteiger partial charge in [-0.15, -0.1) is 0 Å². The standard InChI is InChI=1S/C18H30O3S/c1-18(2,3)22(19,20)15-9-7-5-6-8-10-16-11-13-17(21-4)14-12-16/h11-14H,5-10,15H2,1-4H3. The molecule has 0 atom stereocenters. The van der Waals surface area contributed by atoms with Gasteiger partial charge in [0.05, 0.1) is 17.6 Å². The van der Waals surface area contributed by atoms with E-state index in [9.17, 15) is 8.42 Å². The van der Waals surface area contributed by atoms with Gasteiger partial charge in [0.15, 0.2) is 9.84 Å². The van der Waals surface area contributed by atoms with Gasteiger partial charge in [0.1, 0.15) is 5.75 Å². The van der Waals surface area contributed by atoms with E-state index in [-0.39, 0.29) is 0 Å². The van der Waals surface area contributed by atoms with Gasteiger partial charge in [-0.3, -0.25) is 0 Å². The minimum absolute atomic E-state index is 0.314. The molecule has 1 aromatic carbocycles. The second-order valence-electron chi connectivity index (χ2n) is 6.80. The molecule has 22 heavy (non-hydrogen) atoms. The molecule has 0 unspecified atom stereocenters. The van der Waals surface area contributed by atoms with Crippen LogP contribution in [-0.4, -0.2) is 26.0 Å². The molecule has 126 valence electrons. The summed E-state index contributed by atoms with van der Waals surface area (Å²) in [5, 5.41) is 0. The molecule has 0 heterocycles. The van der Waals surface area contributed by atoms with Crippen molar-refractivity contribution in [1.29, 1.82) is 0 Å². The zero-order valence-corrected chi connectivity index (χ0v) is 15.2. The molecule has 0 aliphatic carbocycles.